The zero-order chi connectivity index (χ0) is 16.8. The Bertz CT molecular complexity index is 672. The van der Waals surface area contributed by atoms with Gasteiger partial charge in [0.1, 0.15) is 11.5 Å². The standard InChI is InChI=1S/C16H20ClN3O3/c1-3-19(2)9-8-18-11-13-5-7-16(23-13)14-6-4-12(20(21)22)10-15(14)17/h4-7,10,18H,3,8-9,11H2,1-2H3. The highest BCUT2D eigenvalue weighted by Crippen LogP contribution is 2.32. The second-order valence-corrected chi connectivity index (χ2v) is 5.67. The first-order chi connectivity index (χ1) is 11.0. The molecule has 0 saturated heterocycles. The smallest absolute Gasteiger partial charge is 0.270 e. The van der Waals surface area contributed by atoms with Crippen LogP contribution in [-0.2, 0) is 6.54 Å². The van der Waals surface area contributed by atoms with Gasteiger partial charge in [-0.05, 0) is 31.8 Å². The second-order valence-electron chi connectivity index (χ2n) is 5.26. The van der Waals surface area contributed by atoms with E-state index in [-0.39, 0.29) is 5.69 Å². The van der Waals surface area contributed by atoms with E-state index < -0.39 is 4.92 Å². The zero-order valence-corrected chi connectivity index (χ0v) is 14.0. The summed E-state index contributed by atoms with van der Waals surface area (Å²) in [6.45, 7) is 5.61. The highest BCUT2D eigenvalue weighted by atomic mass is 35.5. The van der Waals surface area contributed by atoms with E-state index in [1.165, 1.54) is 12.1 Å². The lowest BCUT2D eigenvalue weighted by Crippen LogP contribution is -2.28. The molecule has 0 amide bonds. The number of nitrogens with zero attached hydrogens (tertiary/aromatic N) is 2. The van der Waals surface area contributed by atoms with E-state index in [1.54, 1.807) is 6.07 Å². The van der Waals surface area contributed by atoms with E-state index in [0.29, 0.717) is 22.9 Å². The van der Waals surface area contributed by atoms with Gasteiger partial charge in [0.2, 0.25) is 0 Å². The van der Waals surface area contributed by atoms with Crippen LogP contribution in [-0.4, -0.2) is 36.5 Å². The summed E-state index contributed by atoms with van der Waals surface area (Å²) in [5.41, 5.74) is 0.612. The Balaban J connectivity index is 1.98. The van der Waals surface area contributed by atoms with Crippen molar-refractivity contribution >= 4 is 17.3 Å². The Hall–Kier alpha value is -1.89. The molecule has 0 radical (unpaired) electrons. The zero-order valence-electron chi connectivity index (χ0n) is 13.2. The van der Waals surface area contributed by atoms with E-state index in [4.69, 9.17) is 16.0 Å². The minimum Gasteiger partial charge on any atom is -0.460 e. The Morgan fingerprint density at radius 2 is 2.13 bits per heavy atom. The summed E-state index contributed by atoms with van der Waals surface area (Å²) in [7, 11) is 2.07. The number of nitro benzene ring substituents is 1. The first-order valence-electron chi connectivity index (χ1n) is 7.43. The number of halogens is 1. The van der Waals surface area contributed by atoms with Crippen molar-refractivity contribution in [2.24, 2.45) is 0 Å². The maximum atomic E-state index is 10.7. The maximum absolute atomic E-state index is 10.7. The average molecular weight is 338 g/mol. The molecule has 0 aliphatic carbocycles. The van der Waals surface area contributed by atoms with Crippen LogP contribution < -0.4 is 5.32 Å². The van der Waals surface area contributed by atoms with Crippen LogP contribution in [0, 0.1) is 10.1 Å². The molecule has 0 spiro atoms. The molecule has 1 aromatic carbocycles. The molecule has 0 aliphatic rings. The largest absolute Gasteiger partial charge is 0.460 e. The molecule has 0 saturated carbocycles. The first kappa shape index (κ1) is 17.5. The molecule has 0 fully saturated rings. The Labute approximate surface area is 140 Å². The van der Waals surface area contributed by atoms with Gasteiger partial charge in [0.15, 0.2) is 0 Å². The van der Waals surface area contributed by atoms with Crippen molar-refractivity contribution < 1.29 is 9.34 Å². The topological polar surface area (TPSA) is 71.5 Å². The molecule has 0 unspecified atom stereocenters. The van der Waals surface area contributed by atoms with Crippen molar-refractivity contribution in [2.75, 3.05) is 26.7 Å². The molecule has 2 rings (SSSR count). The van der Waals surface area contributed by atoms with Gasteiger partial charge in [-0.15, -0.1) is 0 Å². The van der Waals surface area contributed by atoms with Gasteiger partial charge < -0.3 is 14.6 Å². The number of rotatable bonds is 8. The minimum atomic E-state index is -0.472. The number of non-ortho nitro benzene ring substituents is 1. The number of hydrogen-bond acceptors (Lipinski definition) is 5. The molecule has 1 heterocycles. The van der Waals surface area contributed by atoms with E-state index >= 15 is 0 Å². The lowest BCUT2D eigenvalue weighted by atomic mass is 10.1. The molecule has 7 heteroatoms. The van der Waals surface area contributed by atoms with Crippen LogP contribution in [0.1, 0.15) is 12.7 Å². The Morgan fingerprint density at radius 1 is 1.35 bits per heavy atom. The minimum absolute atomic E-state index is 0.0350. The molecule has 1 N–H and O–H groups in total. The fraction of sp³-hybridized carbons (Fsp3) is 0.375. The highest BCUT2D eigenvalue weighted by molar-refractivity contribution is 6.33. The maximum Gasteiger partial charge on any atom is 0.270 e. The summed E-state index contributed by atoms with van der Waals surface area (Å²) in [4.78, 5) is 12.5. The van der Waals surface area contributed by atoms with Crippen LogP contribution >= 0.6 is 11.6 Å². The van der Waals surface area contributed by atoms with Crippen molar-refractivity contribution in [3.05, 3.63) is 51.2 Å². The molecular formula is C16H20ClN3O3. The monoisotopic (exact) mass is 337 g/mol. The van der Waals surface area contributed by atoms with Gasteiger partial charge in [-0.2, -0.15) is 0 Å². The van der Waals surface area contributed by atoms with Gasteiger partial charge in [-0.3, -0.25) is 10.1 Å². The normalized spacial score (nSPS) is 11.1. The summed E-state index contributed by atoms with van der Waals surface area (Å²) >= 11 is 6.11. The van der Waals surface area contributed by atoms with Crippen LogP contribution in [0.4, 0.5) is 5.69 Å². The Kier molecular flexibility index (Phi) is 6.15. The van der Waals surface area contributed by atoms with Crippen LogP contribution in [0.25, 0.3) is 11.3 Å². The predicted octanol–water partition coefficient (Wildman–Crippen LogP) is 3.55. The predicted molar refractivity (Wildman–Crippen MR) is 90.7 cm³/mol. The Morgan fingerprint density at radius 3 is 2.78 bits per heavy atom. The third-order valence-corrected chi connectivity index (χ3v) is 3.91. The van der Waals surface area contributed by atoms with Crippen molar-refractivity contribution in [1.82, 2.24) is 10.2 Å². The molecule has 0 atom stereocenters. The first-order valence-corrected chi connectivity index (χ1v) is 7.81. The van der Waals surface area contributed by atoms with Crippen molar-refractivity contribution in [3.63, 3.8) is 0 Å². The molecule has 1 aromatic heterocycles. The van der Waals surface area contributed by atoms with Gasteiger partial charge in [0, 0.05) is 30.8 Å². The number of likely N-dealkylation sites (N-methyl/N-ethyl adjacent to an activating group) is 1. The fourth-order valence-corrected chi connectivity index (χ4v) is 2.34. The number of hydrogen-bond donors (Lipinski definition) is 1. The van der Waals surface area contributed by atoms with Crippen LogP contribution in [0.5, 0.6) is 0 Å². The average Bonchev–Trinajstić information content (AvgIpc) is 2.99. The number of benzene rings is 1. The van der Waals surface area contributed by atoms with Gasteiger partial charge in [0.05, 0.1) is 16.5 Å². The van der Waals surface area contributed by atoms with Gasteiger partial charge in [-0.1, -0.05) is 18.5 Å². The van der Waals surface area contributed by atoms with Gasteiger partial charge in [0.25, 0.3) is 5.69 Å². The summed E-state index contributed by atoms with van der Waals surface area (Å²) in [6, 6.07) is 8.05. The van der Waals surface area contributed by atoms with Crippen LogP contribution in [0.2, 0.25) is 5.02 Å². The van der Waals surface area contributed by atoms with Crippen LogP contribution in [0.15, 0.2) is 34.7 Å². The molecule has 23 heavy (non-hydrogen) atoms. The van der Waals surface area contributed by atoms with Crippen molar-refractivity contribution in [2.45, 2.75) is 13.5 Å². The molecular weight excluding hydrogens is 318 g/mol. The summed E-state index contributed by atoms with van der Waals surface area (Å²) < 4.78 is 5.75. The SMILES string of the molecule is CCN(C)CCNCc1ccc(-c2ccc([N+](=O)[O-])cc2Cl)o1. The van der Waals surface area contributed by atoms with E-state index in [1.807, 2.05) is 12.1 Å². The third-order valence-electron chi connectivity index (χ3n) is 3.60. The lowest BCUT2D eigenvalue weighted by Gasteiger charge is -2.13. The van der Waals surface area contributed by atoms with E-state index in [9.17, 15) is 10.1 Å². The molecule has 0 bridgehead atoms. The highest BCUT2D eigenvalue weighted by Gasteiger charge is 2.13. The molecule has 124 valence electrons. The fourth-order valence-electron chi connectivity index (χ4n) is 2.07. The van der Waals surface area contributed by atoms with E-state index in [0.717, 1.165) is 25.4 Å². The lowest BCUT2D eigenvalue weighted by molar-refractivity contribution is -0.384. The van der Waals surface area contributed by atoms with Crippen molar-refractivity contribution in [1.29, 1.82) is 0 Å². The number of nitro groups is 1. The second kappa shape index (κ2) is 8.10. The van der Waals surface area contributed by atoms with Gasteiger partial charge >= 0.3 is 0 Å². The summed E-state index contributed by atoms with van der Waals surface area (Å²) in [6.07, 6.45) is 0. The third kappa shape index (κ3) is 4.79. The van der Waals surface area contributed by atoms with Gasteiger partial charge in [-0.25, -0.2) is 0 Å². The quantitative estimate of drug-likeness (QED) is 0.453. The molecule has 0 aliphatic heterocycles. The molecule has 6 nitrogen and oxygen atoms in total. The summed E-state index contributed by atoms with van der Waals surface area (Å²) in [5, 5.41) is 14.3. The van der Waals surface area contributed by atoms with Crippen molar-refractivity contribution in [3.8, 4) is 11.3 Å². The molecule has 2 aromatic rings. The number of nitrogens with one attached hydrogen (secondary N) is 1. The van der Waals surface area contributed by atoms with Crippen LogP contribution in [0.3, 0.4) is 0 Å². The van der Waals surface area contributed by atoms with E-state index in [2.05, 4.69) is 24.2 Å². The number of furan rings is 1. The summed E-state index contributed by atoms with van der Waals surface area (Å²) in [5.74, 6) is 1.40.